The van der Waals surface area contributed by atoms with Crippen molar-refractivity contribution in [3.63, 3.8) is 0 Å². The molecule has 0 amide bonds. The molecular formula is C27H34N6O3. The van der Waals surface area contributed by atoms with E-state index in [-0.39, 0.29) is 12.7 Å². The van der Waals surface area contributed by atoms with Gasteiger partial charge in [0.2, 0.25) is 5.95 Å². The molecule has 190 valence electrons. The van der Waals surface area contributed by atoms with E-state index in [4.69, 9.17) is 25.3 Å². The summed E-state index contributed by atoms with van der Waals surface area (Å²) in [6, 6.07) is 16.0. The molecule has 9 nitrogen and oxygen atoms in total. The van der Waals surface area contributed by atoms with Crippen molar-refractivity contribution in [3.8, 4) is 17.0 Å². The Balaban J connectivity index is 1.25. The van der Waals surface area contributed by atoms with Crippen LogP contribution in [0.15, 0.2) is 54.7 Å². The Morgan fingerprint density at radius 1 is 1.06 bits per heavy atom. The number of ether oxygens (including phenoxy) is 2. The fourth-order valence-electron chi connectivity index (χ4n) is 4.65. The molecule has 5 rings (SSSR count). The zero-order valence-corrected chi connectivity index (χ0v) is 20.5. The van der Waals surface area contributed by atoms with Gasteiger partial charge in [-0.2, -0.15) is 0 Å². The number of aromatic nitrogens is 2. The summed E-state index contributed by atoms with van der Waals surface area (Å²) in [5.41, 5.74) is 10.7. The lowest BCUT2D eigenvalue weighted by Crippen LogP contribution is -2.47. The van der Waals surface area contributed by atoms with Gasteiger partial charge in [0.25, 0.3) is 0 Å². The number of anilines is 4. The molecule has 2 aliphatic heterocycles. The largest absolute Gasteiger partial charge is 0.488 e. The number of β-amino-alcohol motifs (C(OH)–C–C–N with tert-alkyl or cyclic N) is 1. The SMILES string of the molecule is Nc1cc(-c2ccnc(Nc3cccc(N4CCN(CCO)CC4)c3)n2)ccc1OC1CCOCC1. The smallest absolute Gasteiger partial charge is 0.227 e. The fourth-order valence-corrected chi connectivity index (χ4v) is 4.65. The van der Waals surface area contributed by atoms with Crippen molar-refractivity contribution in [2.75, 3.05) is 68.5 Å². The van der Waals surface area contributed by atoms with Crippen molar-refractivity contribution >= 4 is 23.0 Å². The van der Waals surface area contributed by atoms with E-state index in [0.717, 1.165) is 81.4 Å². The summed E-state index contributed by atoms with van der Waals surface area (Å²) in [6.45, 7) is 6.17. The van der Waals surface area contributed by atoms with Crippen LogP contribution >= 0.6 is 0 Å². The van der Waals surface area contributed by atoms with E-state index in [1.807, 2.05) is 36.4 Å². The topological polar surface area (TPSA) is 109 Å². The number of aliphatic hydroxyl groups excluding tert-OH is 1. The number of piperazine rings is 1. The molecule has 2 saturated heterocycles. The Labute approximate surface area is 211 Å². The van der Waals surface area contributed by atoms with Crippen molar-refractivity contribution in [2.24, 2.45) is 0 Å². The number of nitrogens with two attached hydrogens (primary N) is 1. The Morgan fingerprint density at radius 2 is 1.89 bits per heavy atom. The van der Waals surface area contributed by atoms with E-state index in [2.05, 4.69) is 32.2 Å². The highest BCUT2D eigenvalue weighted by atomic mass is 16.5. The molecule has 2 aromatic carbocycles. The summed E-state index contributed by atoms with van der Waals surface area (Å²) < 4.78 is 11.5. The Kier molecular flexibility index (Phi) is 7.80. The lowest BCUT2D eigenvalue weighted by molar-refractivity contribution is 0.0259. The van der Waals surface area contributed by atoms with Crippen LogP contribution in [0.1, 0.15) is 12.8 Å². The first-order valence-electron chi connectivity index (χ1n) is 12.6. The number of benzene rings is 2. The van der Waals surface area contributed by atoms with Crippen LogP contribution in [0.4, 0.5) is 23.0 Å². The molecule has 1 aromatic heterocycles. The predicted molar refractivity (Wildman–Crippen MR) is 142 cm³/mol. The zero-order chi connectivity index (χ0) is 24.7. The summed E-state index contributed by atoms with van der Waals surface area (Å²) in [5, 5.41) is 12.5. The third-order valence-corrected chi connectivity index (χ3v) is 6.68. The third-order valence-electron chi connectivity index (χ3n) is 6.68. The molecule has 0 bridgehead atoms. The third kappa shape index (κ3) is 6.04. The molecule has 0 saturated carbocycles. The van der Waals surface area contributed by atoms with Crippen molar-refractivity contribution in [3.05, 3.63) is 54.7 Å². The number of nitrogens with one attached hydrogen (secondary N) is 1. The lowest BCUT2D eigenvalue weighted by Gasteiger charge is -2.35. The van der Waals surface area contributed by atoms with Crippen LogP contribution in [0.5, 0.6) is 5.75 Å². The Bertz CT molecular complexity index is 1150. The number of nitrogen functional groups attached to an aromatic ring is 1. The van der Waals surface area contributed by atoms with E-state index >= 15 is 0 Å². The summed E-state index contributed by atoms with van der Waals surface area (Å²) in [4.78, 5) is 13.8. The molecule has 0 aliphatic carbocycles. The van der Waals surface area contributed by atoms with Crippen LogP contribution in [0.2, 0.25) is 0 Å². The molecule has 2 aliphatic rings. The molecule has 36 heavy (non-hydrogen) atoms. The number of hydrogen-bond acceptors (Lipinski definition) is 9. The molecular weight excluding hydrogens is 456 g/mol. The van der Waals surface area contributed by atoms with Gasteiger partial charge in [0.1, 0.15) is 11.9 Å². The first kappa shape index (κ1) is 24.3. The predicted octanol–water partition coefficient (Wildman–Crippen LogP) is 3.14. The van der Waals surface area contributed by atoms with Crippen molar-refractivity contribution < 1.29 is 14.6 Å². The number of hydrogen-bond donors (Lipinski definition) is 3. The molecule has 0 unspecified atom stereocenters. The van der Waals surface area contributed by atoms with Crippen LogP contribution in [0.25, 0.3) is 11.3 Å². The van der Waals surface area contributed by atoms with Gasteiger partial charge in [-0.15, -0.1) is 0 Å². The van der Waals surface area contributed by atoms with Gasteiger partial charge in [0.05, 0.1) is 31.2 Å². The summed E-state index contributed by atoms with van der Waals surface area (Å²) >= 11 is 0. The van der Waals surface area contributed by atoms with E-state index in [1.54, 1.807) is 6.20 Å². The van der Waals surface area contributed by atoms with Crippen LogP contribution in [-0.4, -0.2) is 78.6 Å². The van der Waals surface area contributed by atoms with Crippen molar-refractivity contribution in [1.29, 1.82) is 0 Å². The van der Waals surface area contributed by atoms with Gasteiger partial charge in [0, 0.05) is 68.7 Å². The van der Waals surface area contributed by atoms with E-state index in [9.17, 15) is 0 Å². The minimum absolute atomic E-state index is 0.141. The summed E-state index contributed by atoms with van der Waals surface area (Å²) in [6.07, 6.45) is 3.64. The monoisotopic (exact) mass is 490 g/mol. The van der Waals surface area contributed by atoms with Gasteiger partial charge in [-0.05, 0) is 42.5 Å². The molecule has 3 heterocycles. The maximum Gasteiger partial charge on any atom is 0.227 e. The summed E-state index contributed by atoms with van der Waals surface area (Å²) in [5.74, 6) is 1.23. The molecule has 0 spiro atoms. The molecule has 0 radical (unpaired) electrons. The fraction of sp³-hybridized carbons (Fsp3) is 0.407. The van der Waals surface area contributed by atoms with Crippen LogP contribution in [-0.2, 0) is 4.74 Å². The highest BCUT2D eigenvalue weighted by Crippen LogP contribution is 2.30. The quantitative estimate of drug-likeness (QED) is 0.410. The maximum absolute atomic E-state index is 9.17. The molecule has 0 atom stereocenters. The number of aliphatic hydroxyl groups is 1. The number of nitrogens with zero attached hydrogens (tertiary/aromatic N) is 4. The van der Waals surface area contributed by atoms with Gasteiger partial charge in [-0.25, -0.2) is 9.97 Å². The maximum atomic E-state index is 9.17. The summed E-state index contributed by atoms with van der Waals surface area (Å²) in [7, 11) is 0. The van der Waals surface area contributed by atoms with Gasteiger partial charge >= 0.3 is 0 Å². The highest BCUT2D eigenvalue weighted by Gasteiger charge is 2.18. The van der Waals surface area contributed by atoms with Gasteiger partial charge < -0.3 is 30.5 Å². The van der Waals surface area contributed by atoms with Gasteiger partial charge in [0.15, 0.2) is 0 Å². The van der Waals surface area contributed by atoms with E-state index < -0.39 is 0 Å². The zero-order valence-electron chi connectivity index (χ0n) is 20.5. The first-order valence-corrected chi connectivity index (χ1v) is 12.6. The second-order valence-electron chi connectivity index (χ2n) is 9.18. The minimum Gasteiger partial charge on any atom is -0.488 e. The van der Waals surface area contributed by atoms with E-state index in [0.29, 0.717) is 17.4 Å². The normalized spacial score (nSPS) is 17.2. The van der Waals surface area contributed by atoms with Crippen molar-refractivity contribution in [2.45, 2.75) is 18.9 Å². The van der Waals surface area contributed by atoms with Crippen LogP contribution < -0.4 is 20.7 Å². The van der Waals surface area contributed by atoms with Crippen LogP contribution in [0, 0.1) is 0 Å². The first-order chi connectivity index (χ1) is 17.7. The average Bonchev–Trinajstić information content (AvgIpc) is 2.91. The molecule has 9 heteroatoms. The Hall–Kier alpha value is -3.40. The highest BCUT2D eigenvalue weighted by molar-refractivity contribution is 5.69. The van der Waals surface area contributed by atoms with E-state index in [1.165, 1.54) is 0 Å². The van der Waals surface area contributed by atoms with Gasteiger partial charge in [-0.3, -0.25) is 4.90 Å². The second kappa shape index (κ2) is 11.6. The van der Waals surface area contributed by atoms with Crippen LogP contribution in [0.3, 0.4) is 0 Å². The van der Waals surface area contributed by atoms with Crippen molar-refractivity contribution in [1.82, 2.24) is 14.9 Å². The second-order valence-corrected chi connectivity index (χ2v) is 9.18. The lowest BCUT2D eigenvalue weighted by atomic mass is 10.1. The molecule has 4 N–H and O–H groups in total. The molecule has 2 fully saturated rings. The molecule has 3 aromatic rings. The average molecular weight is 491 g/mol. The number of rotatable bonds is 8. The Morgan fingerprint density at radius 3 is 2.67 bits per heavy atom. The van der Waals surface area contributed by atoms with Gasteiger partial charge in [-0.1, -0.05) is 6.07 Å². The minimum atomic E-state index is 0.141. The standard InChI is InChI=1S/C27H34N6O3/c28-24-18-20(4-5-26(24)36-23-7-16-35-17-8-23)25-6-9-29-27(31-25)30-21-2-1-3-22(19-21)33-12-10-32(11-13-33)14-15-34/h1-6,9,18-19,23,34H,7-8,10-17,28H2,(H,29,30,31).